The van der Waals surface area contributed by atoms with Gasteiger partial charge in [0.15, 0.2) is 11.5 Å². The van der Waals surface area contributed by atoms with Gasteiger partial charge in [0.25, 0.3) is 0 Å². The molecule has 2 N–H and O–H groups in total. The van der Waals surface area contributed by atoms with Crippen molar-refractivity contribution in [2.75, 3.05) is 20.8 Å². The highest BCUT2D eigenvalue weighted by molar-refractivity contribution is 5.90. The molecular weight excluding hydrogens is 282 g/mol. The number of hydrogen-bond acceptors (Lipinski definition) is 4. The number of rotatable bonds is 10. The lowest BCUT2D eigenvalue weighted by Crippen LogP contribution is -2.05. The summed E-state index contributed by atoms with van der Waals surface area (Å²) in [4.78, 5) is 10.8. The Labute approximate surface area is 132 Å². The van der Waals surface area contributed by atoms with Crippen LogP contribution in [0.4, 0.5) is 0 Å². The molecule has 22 heavy (non-hydrogen) atoms. The summed E-state index contributed by atoms with van der Waals surface area (Å²) >= 11 is 0. The zero-order valence-corrected chi connectivity index (χ0v) is 13.6. The van der Waals surface area contributed by atoms with Crippen LogP contribution in [0.15, 0.2) is 18.2 Å². The third kappa shape index (κ3) is 5.68. The number of benzene rings is 1. The molecule has 0 aromatic heterocycles. The maximum Gasteiger partial charge on any atom is 0.241 e. The molecule has 1 aromatic carbocycles. The number of unbranched alkanes of at least 4 members (excludes halogenated alkanes) is 3. The van der Waals surface area contributed by atoms with Crippen LogP contribution in [0.25, 0.3) is 6.08 Å². The monoisotopic (exact) mass is 307 g/mol. The summed E-state index contributed by atoms with van der Waals surface area (Å²) in [6.45, 7) is 2.79. The lowest BCUT2D eigenvalue weighted by Gasteiger charge is -2.15. The quantitative estimate of drug-likeness (QED) is 0.532. The van der Waals surface area contributed by atoms with E-state index in [1.807, 2.05) is 0 Å². The molecule has 0 bridgehead atoms. The Morgan fingerprint density at radius 3 is 2.27 bits per heavy atom. The molecule has 5 nitrogen and oxygen atoms in total. The maximum atomic E-state index is 10.8. The molecule has 0 unspecified atom stereocenters. The fraction of sp³-hybridized carbons (Fsp3) is 0.471. The summed E-state index contributed by atoms with van der Waals surface area (Å²) in [5, 5.41) is 0. The molecule has 0 aliphatic rings. The van der Waals surface area contributed by atoms with Gasteiger partial charge in [-0.2, -0.15) is 0 Å². The van der Waals surface area contributed by atoms with E-state index in [0.717, 1.165) is 18.4 Å². The molecule has 0 saturated carbocycles. The minimum Gasteiger partial charge on any atom is -0.493 e. The van der Waals surface area contributed by atoms with Crippen LogP contribution in [0.1, 0.15) is 38.2 Å². The van der Waals surface area contributed by atoms with Crippen LogP contribution in [0, 0.1) is 0 Å². The highest BCUT2D eigenvalue weighted by Gasteiger charge is 2.13. The molecule has 0 heterocycles. The van der Waals surface area contributed by atoms with Gasteiger partial charge in [-0.1, -0.05) is 26.2 Å². The molecular formula is C17H25NO4. The maximum absolute atomic E-state index is 10.8. The van der Waals surface area contributed by atoms with Crippen LogP contribution >= 0.6 is 0 Å². The van der Waals surface area contributed by atoms with Gasteiger partial charge in [-0.3, -0.25) is 4.79 Å². The van der Waals surface area contributed by atoms with Crippen LogP contribution in [-0.2, 0) is 4.79 Å². The zero-order valence-electron chi connectivity index (χ0n) is 13.6. The summed E-state index contributed by atoms with van der Waals surface area (Å²) in [5.41, 5.74) is 5.86. The van der Waals surface area contributed by atoms with E-state index in [0.29, 0.717) is 23.9 Å². The van der Waals surface area contributed by atoms with Crippen LogP contribution in [0.3, 0.4) is 0 Å². The first kappa shape index (κ1) is 17.9. The number of amides is 1. The number of primary amides is 1. The number of nitrogens with two attached hydrogens (primary N) is 1. The largest absolute Gasteiger partial charge is 0.493 e. The second kappa shape index (κ2) is 9.71. The topological polar surface area (TPSA) is 70.8 Å². The predicted octanol–water partition coefficient (Wildman–Crippen LogP) is 3.16. The van der Waals surface area contributed by atoms with E-state index in [1.54, 1.807) is 32.4 Å². The molecule has 0 spiro atoms. The number of methoxy groups -OCH3 is 2. The molecule has 1 aromatic rings. The van der Waals surface area contributed by atoms with Crippen molar-refractivity contribution in [3.05, 3.63) is 23.8 Å². The van der Waals surface area contributed by atoms with Crippen LogP contribution < -0.4 is 19.9 Å². The van der Waals surface area contributed by atoms with Gasteiger partial charge >= 0.3 is 0 Å². The van der Waals surface area contributed by atoms with E-state index in [4.69, 9.17) is 19.9 Å². The normalized spacial score (nSPS) is 10.7. The van der Waals surface area contributed by atoms with Crippen molar-refractivity contribution in [1.82, 2.24) is 0 Å². The van der Waals surface area contributed by atoms with Crippen molar-refractivity contribution < 1.29 is 19.0 Å². The Bertz CT molecular complexity index is 486. The highest BCUT2D eigenvalue weighted by Crippen LogP contribution is 2.39. The average molecular weight is 307 g/mol. The fourth-order valence-electron chi connectivity index (χ4n) is 2.02. The van der Waals surface area contributed by atoms with Crippen molar-refractivity contribution >= 4 is 12.0 Å². The number of carbonyl (C=O) groups excluding carboxylic acids is 1. The summed E-state index contributed by atoms with van der Waals surface area (Å²) in [7, 11) is 3.14. The second-order valence-corrected chi connectivity index (χ2v) is 4.90. The average Bonchev–Trinajstić information content (AvgIpc) is 2.52. The fourth-order valence-corrected chi connectivity index (χ4v) is 2.02. The van der Waals surface area contributed by atoms with Gasteiger partial charge in [0.05, 0.1) is 20.8 Å². The Morgan fingerprint density at radius 1 is 1.14 bits per heavy atom. The summed E-state index contributed by atoms with van der Waals surface area (Å²) in [5.74, 6) is 1.21. The molecule has 0 radical (unpaired) electrons. The molecule has 1 amide bonds. The Kier molecular flexibility index (Phi) is 7.89. The second-order valence-electron chi connectivity index (χ2n) is 4.90. The van der Waals surface area contributed by atoms with E-state index in [-0.39, 0.29) is 0 Å². The zero-order chi connectivity index (χ0) is 16.4. The molecule has 1 rings (SSSR count). The predicted molar refractivity (Wildman–Crippen MR) is 87.4 cm³/mol. The Hall–Kier alpha value is -2.17. The van der Waals surface area contributed by atoms with E-state index < -0.39 is 5.91 Å². The van der Waals surface area contributed by atoms with Gasteiger partial charge in [0.1, 0.15) is 0 Å². The van der Waals surface area contributed by atoms with Crippen molar-refractivity contribution in [2.24, 2.45) is 5.73 Å². The molecule has 0 saturated heterocycles. The van der Waals surface area contributed by atoms with Gasteiger partial charge in [0.2, 0.25) is 11.7 Å². The molecule has 0 atom stereocenters. The van der Waals surface area contributed by atoms with Crippen molar-refractivity contribution in [1.29, 1.82) is 0 Å². The minimum absolute atomic E-state index is 0.505. The number of hydrogen-bond donors (Lipinski definition) is 1. The number of ether oxygens (including phenoxy) is 3. The van der Waals surface area contributed by atoms with E-state index >= 15 is 0 Å². The van der Waals surface area contributed by atoms with E-state index in [9.17, 15) is 4.79 Å². The first-order chi connectivity index (χ1) is 10.6. The minimum atomic E-state index is -0.505. The smallest absolute Gasteiger partial charge is 0.241 e. The molecule has 0 aliphatic heterocycles. The van der Waals surface area contributed by atoms with Gasteiger partial charge in [-0.15, -0.1) is 0 Å². The lowest BCUT2D eigenvalue weighted by atomic mass is 10.1. The third-order valence-electron chi connectivity index (χ3n) is 3.17. The molecule has 122 valence electrons. The third-order valence-corrected chi connectivity index (χ3v) is 3.17. The standard InChI is InChI=1S/C17H25NO4/c1-4-5-6-7-10-22-17-14(20-2)11-13(8-9-16(18)19)12-15(17)21-3/h8-9,11-12H,4-7,10H2,1-3H3,(H2,18,19)/b9-8+. The Morgan fingerprint density at radius 2 is 1.77 bits per heavy atom. The molecule has 5 heteroatoms. The van der Waals surface area contributed by atoms with Crippen LogP contribution in [0.5, 0.6) is 17.2 Å². The van der Waals surface area contributed by atoms with Crippen LogP contribution in [0.2, 0.25) is 0 Å². The summed E-state index contributed by atoms with van der Waals surface area (Å²) in [6, 6.07) is 3.56. The lowest BCUT2D eigenvalue weighted by molar-refractivity contribution is -0.113. The first-order valence-corrected chi connectivity index (χ1v) is 7.48. The van der Waals surface area contributed by atoms with Gasteiger partial charge in [-0.25, -0.2) is 0 Å². The SMILES string of the molecule is CCCCCCOc1c(OC)cc(/C=C/C(N)=O)cc1OC. The molecule has 0 aliphatic carbocycles. The van der Waals surface area contributed by atoms with Gasteiger partial charge < -0.3 is 19.9 Å². The summed E-state index contributed by atoms with van der Waals surface area (Å²) in [6.07, 6.45) is 7.42. The van der Waals surface area contributed by atoms with Crippen molar-refractivity contribution in [2.45, 2.75) is 32.6 Å². The van der Waals surface area contributed by atoms with Gasteiger partial charge in [0, 0.05) is 6.08 Å². The highest BCUT2D eigenvalue weighted by atomic mass is 16.5. The van der Waals surface area contributed by atoms with Crippen LogP contribution in [-0.4, -0.2) is 26.7 Å². The van der Waals surface area contributed by atoms with E-state index in [2.05, 4.69) is 6.92 Å². The first-order valence-electron chi connectivity index (χ1n) is 7.48. The van der Waals surface area contributed by atoms with Gasteiger partial charge in [-0.05, 0) is 30.2 Å². The number of carbonyl (C=O) groups is 1. The van der Waals surface area contributed by atoms with E-state index in [1.165, 1.54) is 18.9 Å². The van der Waals surface area contributed by atoms with Crippen molar-refractivity contribution in [3.63, 3.8) is 0 Å². The summed E-state index contributed by atoms with van der Waals surface area (Å²) < 4.78 is 16.5. The van der Waals surface area contributed by atoms with Crippen molar-refractivity contribution in [3.8, 4) is 17.2 Å². The molecule has 0 fully saturated rings. The Balaban J connectivity index is 2.88.